The molecule has 1 aromatic carbocycles. The number of anilines is 1. The fourth-order valence-electron chi connectivity index (χ4n) is 2.97. The first-order valence-corrected chi connectivity index (χ1v) is 7.36. The number of benzene rings is 1. The number of amides is 1. The minimum atomic E-state index is -0.570. The molecule has 1 aromatic rings. The molecule has 0 spiro atoms. The first kappa shape index (κ1) is 15.3. The lowest BCUT2D eigenvalue weighted by Gasteiger charge is -2.29. The van der Waals surface area contributed by atoms with Crippen molar-refractivity contribution in [2.24, 2.45) is 5.92 Å². The lowest BCUT2D eigenvalue weighted by atomic mass is 9.84. The molecule has 2 atom stereocenters. The molecule has 1 aliphatic carbocycles. The fourth-order valence-corrected chi connectivity index (χ4v) is 2.97. The predicted octanol–water partition coefficient (Wildman–Crippen LogP) is 2.88. The van der Waals surface area contributed by atoms with Crippen LogP contribution in [0.15, 0.2) is 18.2 Å². The summed E-state index contributed by atoms with van der Waals surface area (Å²) in [7, 11) is 0. The molecule has 0 radical (unpaired) electrons. The Labute approximate surface area is 123 Å². The van der Waals surface area contributed by atoms with Crippen molar-refractivity contribution in [3.63, 3.8) is 0 Å². The quantitative estimate of drug-likeness (QED) is 0.506. The van der Waals surface area contributed by atoms with Crippen LogP contribution in [-0.2, 0) is 0 Å². The van der Waals surface area contributed by atoms with E-state index in [2.05, 4.69) is 12.2 Å². The average molecular weight is 291 g/mol. The molecular formula is C15H21N3O3. The Balaban J connectivity index is 2.10. The third-order valence-corrected chi connectivity index (χ3v) is 4.22. The number of carbonyl (C=O) groups is 1. The highest BCUT2D eigenvalue weighted by Crippen LogP contribution is 2.28. The van der Waals surface area contributed by atoms with E-state index in [0.29, 0.717) is 5.92 Å². The monoisotopic (exact) mass is 291 g/mol. The Bertz CT molecular complexity index is 545. The number of para-hydroxylation sites is 1. The molecule has 114 valence electrons. The van der Waals surface area contributed by atoms with E-state index in [4.69, 9.17) is 5.73 Å². The molecule has 6 nitrogen and oxygen atoms in total. The fraction of sp³-hybridized carbons (Fsp3) is 0.533. The molecule has 1 amide bonds. The number of nitro groups is 1. The number of rotatable bonds is 4. The van der Waals surface area contributed by atoms with Crippen molar-refractivity contribution in [1.29, 1.82) is 0 Å². The summed E-state index contributed by atoms with van der Waals surface area (Å²) in [4.78, 5) is 22.6. The second-order valence-corrected chi connectivity index (χ2v) is 5.61. The molecule has 0 heterocycles. The Morgan fingerprint density at radius 3 is 2.90 bits per heavy atom. The van der Waals surface area contributed by atoms with Crippen LogP contribution in [-0.4, -0.2) is 16.9 Å². The van der Waals surface area contributed by atoms with E-state index in [1.54, 1.807) is 0 Å². The van der Waals surface area contributed by atoms with Crippen LogP contribution in [0.25, 0.3) is 0 Å². The molecule has 3 N–H and O–H groups in total. The summed E-state index contributed by atoms with van der Waals surface area (Å²) < 4.78 is 0. The van der Waals surface area contributed by atoms with Gasteiger partial charge in [0, 0.05) is 12.1 Å². The first-order valence-electron chi connectivity index (χ1n) is 7.36. The zero-order valence-corrected chi connectivity index (χ0v) is 12.2. The second-order valence-electron chi connectivity index (χ2n) is 5.61. The van der Waals surface area contributed by atoms with Gasteiger partial charge in [-0.3, -0.25) is 14.9 Å². The van der Waals surface area contributed by atoms with E-state index in [9.17, 15) is 14.9 Å². The Morgan fingerprint density at radius 1 is 1.48 bits per heavy atom. The van der Waals surface area contributed by atoms with Gasteiger partial charge in [-0.05, 0) is 24.8 Å². The Morgan fingerprint density at radius 2 is 2.24 bits per heavy atom. The number of carbonyl (C=O) groups excluding carboxylic acids is 1. The molecular weight excluding hydrogens is 270 g/mol. The smallest absolute Gasteiger partial charge is 0.292 e. The van der Waals surface area contributed by atoms with Crippen molar-refractivity contribution in [3.8, 4) is 0 Å². The minimum Gasteiger partial charge on any atom is -0.393 e. The van der Waals surface area contributed by atoms with Crippen molar-refractivity contribution in [3.05, 3.63) is 33.9 Å². The van der Waals surface area contributed by atoms with E-state index in [-0.39, 0.29) is 28.9 Å². The maximum absolute atomic E-state index is 12.3. The molecule has 1 saturated carbocycles. The largest absolute Gasteiger partial charge is 0.393 e. The molecule has 6 heteroatoms. The van der Waals surface area contributed by atoms with Crippen molar-refractivity contribution in [1.82, 2.24) is 5.32 Å². The maximum atomic E-state index is 12.3. The zero-order chi connectivity index (χ0) is 15.4. The van der Waals surface area contributed by atoms with Crippen LogP contribution < -0.4 is 11.1 Å². The second kappa shape index (κ2) is 6.56. The summed E-state index contributed by atoms with van der Waals surface area (Å²) >= 11 is 0. The highest BCUT2D eigenvalue weighted by Gasteiger charge is 2.24. The van der Waals surface area contributed by atoms with Crippen LogP contribution in [0, 0.1) is 16.0 Å². The van der Waals surface area contributed by atoms with Crippen molar-refractivity contribution in [2.75, 3.05) is 5.73 Å². The number of nitrogens with two attached hydrogens (primary N) is 1. The zero-order valence-electron chi connectivity index (χ0n) is 12.2. The number of nitrogen functional groups attached to an aromatic ring is 1. The van der Waals surface area contributed by atoms with E-state index in [1.807, 2.05) is 0 Å². The number of nitrogens with one attached hydrogen (secondary N) is 1. The number of hydrogen-bond donors (Lipinski definition) is 2. The van der Waals surface area contributed by atoms with Gasteiger partial charge in [-0.15, -0.1) is 0 Å². The van der Waals surface area contributed by atoms with Crippen LogP contribution in [0.5, 0.6) is 0 Å². The third kappa shape index (κ3) is 3.51. The van der Waals surface area contributed by atoms with E-state index >= 15 is 0 Å². The van der Waals surface area contributed by atoms with Gasteiger partial charge in [0.15, 0.2) is 0 Å². The van der Waals surface area contributed by atoms with Gasteiger partial charge >= 0.3 is 0 Å². The summed E-state index contributed by atoms with van der Waals surface area (Å²) in [6.07, 6.45) is 5.36. The Hall–Kier alpha value is -2.11. The molecule has 2 unspecified atom stereocenters. The highest BCUT2D eigenvalue weighted by molar-refractivity contribution is 6.01. The summed E-state index contributed by atoms with van der Waals surface area (Å²) in [6.45, 7) is 2.16. The van der Waals surface area contributed by atoms with Gasteiger partial charge in [0.25, 0.3) is 11.6 Å². The number of nitro benzene ring substituents is 1. The Kier molecular flexibility index (Phi) is 4.77. The van der Waals surface area contributed by atoms with Crippen LogP contribution in [0.2, 0.25) is 0 Å². The molecule has 1 fully saturated rings. The van der Waals surface area contributed by atoms with Gasteiger partial charge in [0.1, 0.15) is 5.69 Å². The molecule has 0 saturated heterocycles. The van der Waals surface area contributed by atoms with Gasteiger partial charge in [-0.1, -0.05) is 32.3 Å². The lowest BCUT2D eigenvalue weighted by Crippen LogP contribution is -2.38. The summed E-state index contributed by atoms with van der Waals surface area (Å²) in [6, 6.07) is 4.45. The summed E-state index contributed by atoms with van der Waals surface area (Å²) in [5.74, 6) is 0.324. The van der Waals surface area contributed by atoms with Crippen LogP contribution in [0.1, 0.15) is 49.4 Å². The van der Waals surface area contributed by atoms with Gasteiger partial charge in [0.05, 0.1) is 10.5 Å². The van der Waals surface area contributed by atoms with Crippen LogP contribution in [0.4, 0.5) is 11.4 Å². The maximum Gasteiger partial charge on any atom is 0.292 e. The molecule has 2 rings (SSSR count). The molecule has 0 bridgehead atoms. The SMILES string of the molecule is CCC1CCCC(NC(=O)c2cccc([N+](=O)[O-])c2N)C1. The molecule has 21 heavy (non-hydrogen) atoms. The van der Waals surface area contributed by atoms with Gasteiger partial charge < -0.3 is 11.1 Å². The van der Waals surface area contributed by atoms with Gasteiger partial charge in [-0.25, -0.2) is 0 Å². The molecule has 0 aromatic heterocycles. The lowest BCUT2D eigenvalue weighted by molar-refractivity contribution is -0.383. The van der Waals surface area contributed by atoms with E-state index in [1.165, 1.54) is 24.6 Å². The third-order valence-electron chi connectivity index (χ3n) is 4.22. The number of nitrogens with zero attached hydrogens (tertiary/aromatic N) is 1. The summed E-state index contributed by atoms with van der Waals surface area (Å²) in [5, 5.41) is 13.8. The predicted molar refractivity (Wildman–Crippen MR) is 81.0 cm³/mol. The molecule has 0 aliphatic heterocycles. The van der Waals surface area contributed by atoms with Crippen molar-refractivity contribution in [2.45, 2.75) is 45.1 Å². The molecule has 1 aliphatic rings. The van der Waals surface area contributed by atoms with Crippen LogP contribution in [0.3, 0.4) is 0 Å². The number of hydrogen-bond acceptors (Lipinski definition) is 4. The standard InChI is InChI=1S/C15H21N3O3/c1-2-10-5-3-6-11(9-10)17-15(19)12-7-4-8-13(14(12)16)18(20)21/h4,7-8,10-11H,2-3,5-6,9,16H2,1H3,(H,17,19). The van der Waals surface area contributed by atoms with E-state index in [0.717, 1.165) is 25.7 Å². The topological polar surface area (TPSA) is 98.3 Å². The first-order chi connectivity index (χ1) is 10.0. The van der Waals surface area contributed by atoms with Crippen molar-refractivity contribution < 1.29 is 9.72 Å². The van der Waals surface area contributed by atoms with Gasteiger partial charge in [-0.2, -0.15) is 0 Å². The van der Waals surface area contributed by atoms with Crippen molar-refractivity contribution >= 4 is 17.3 Å². The normalized spacial score (nSPS) is 21.8. The van der Waals surface area contributed by atoms with Crippen LogP contribution >= 0.6 is 0 Å². The summed E-state index contributed by atoms with van der Waals surface area (Å²) in [5.41, 5.74) is 5.63. The average Bonchev–Trinajstić information content (AvgIpc) is 2.47. The highest BCUT2D eigenvalue weighted by atomic mass is 16.6. The van der Waals surface area contributed by atoms with E-state index < -0.39 is 4.92 Å². The van der Waals surface area contributed by atoms with Gasteiger partial charge in [0.2, 0.25) is 0 Å². The minimum absolute atomic E-state index is 0.0668.